The van der Waals surface area contributed by atoms with Gasteiger partial charge in [-0.05, 0) is 50.7 Å². The van der Waals surface area contributed by atoms with Gasteiger partial charge in [0.1, 0.15) is 5.75 Å². The number of hydrogen-bond donors (Lipinski definition) is 2. The fourth-order valence-electron chi connectivity index (χ4n) is 6.23. The Hall–Kier alpha value is -2.68. The zero-order chi connectivity index (χ0) is 23.7. The number of nitrogens with zero attached hydrogens (tertiary/aromatic N) is 4. The minimum Gasteiger partial charge on any atom is -0.495 e. The van der Waals surface area contributed by atoms with Gasteiger partial charge in [-0.25, -0.2) is 9.59 Å². The van der Waals surface area contributed by atoms with E-state index in [0.29, 0.717) is 32.5 Å². The van der Waals surface area contributed by atoms with Crippen LogP contribution in [0, 0.1) is 0 Å². The van der Waals surface area contributed by atoms with Gasteiger partial charge in [0.25, 0.3) is 0 Å². The highest BCUT2D eigenvalue weighted by atomic mass is 16.5. The average molecular weight is 472 g/mol. The summed E-state index contributed by atoms with van der Waals surface area (Å²) in [6.07, 6.45) is 4.82. The van der Waals surface area contributed by atoms with E-state index in [1.807, 2.05) is 32.9 Å². The van der Waals surface area contributed by atoms with Gasteiger partial charge in [0.05, 0.1) is 18.9 Å². The fraction of sp³-hybridized carbons (Fsp3) is 0.680. The zero-order valence-corrected chi connectivity index (χ0v) is 20.1. The molecule has 9 heteroatoms. The molecule has 2 N–H and O–H groups in total. The molecular weight excluding hydrogens is 434 g/mol. The van der Waals surface area contributed by atoms with Crippen molar-refractivity contribution < 1.29 is 19.4 Å². The molecular formula is C25H37N5O4. The summed E-state index contributed by atoms with van der Waals surface area (Å²) >= 11 is 0. The minimum atomic E-state index is -0.284. The highest BCUT2D eigenvalue weighted by Gasteiger charge is 2.43. The topological polar surface area (TPSA) is 88.6 Å². The molecule has 0 aromatic heterocycles. The van der Waals surface area contributed by atoms with Crippen molar-refractivity contribution in [1.29, 1.82) is 0 Å². The second-order valence-corrected chi connectivity index (χ2v) is 10.1. The number of amides is 4. The molecule has 0 saturated carbocycles. The van der Waals surface area contributed by atoms with E-state index in [0.717, 1.165) is 56.8 Å². The number of urea groups is 2. The van der Waals surface area contributed by atoms with E-state index >= 15 is 0 Å². The maximum Gasteiger partial charge on any atom is 0.320 e. The van der Waals surface area contributed by atoms with Crippen LogP contribution in [-0.2, 0) is 0 Å². The number of rotatable bonds is 3. The minimum absolute atomic E-state index is 0.0219. The molecule has 34 heavy (non-hydrogen) atoms. The molecule has 4 saturated heterocycles. The van der Waals surface area contributed by atoms with Crippen LogP contribution in [0.3, 0.4) is 0 Å². The molecule has 186 valence electrons. The van der Waals surface area contributed by atoms with Crippen molar-refractivity contribution in [3.8, 4) is 5.75 Å². The van der Waals surface area contributed by atoms with E-state index in [1.165, 1.54) is 0 Å². The number of carbonyl (C=O) groups excluding carboxylic acids is 2. The molecule has 0 aliphatic carbocycles. The number of hydrogen-bond acceptors (Lipinski definition) is 5. The van der Waals surface area contributed by atoms with E-state index in [4.69, 9.17) is 4.74 Å². The fourth-order valence-corrected chi connectivity index (χ4v) is 6.23. The normalized spacial score (nSPS) is 29.2. The van der Waals surface area contributed by atoms with Crippen molar-refractivity contribution in [3.63, 3.8) is 0 Å². The number of piperazine rings is 1. The van der Waals surface area contributed by atoms with Crippen LogP contribution in [0.1, 0.15) is 38.5 Å². The molecule has 1 unspecified atom stereocenters. The molecule has 9 nitrogen and oxygen atoms in total. The first-order chi connectivity index (χ1) is 16.5. The van der Waals surface area contributed by atoms with Crippen LogP contribution >= 0.6 is 0 Å². The quantitative estimate of drug-likeness (QED) is 0.705. The first kappa shape index (κ1) is 23.1. The molecule has 4 heterocycles. The number of fused-ring (bicyclic) bond motifs is 2. The van der Waals surface area contributed by atoms with Crippen LogP contribution in [0.2, 0.25) is 0 Å². The van der Waals surface area contributed by atoms with Crippen molar-refractivity contribution in [2.45, 2.75) is 62.8 Å². The number of para-hydroxylation sites is 2. The molecule has 1 aromatic rings. The third-order valence-corrected chi connectivity index (χ3v) is 7.94. The number of ether oxygens (including phenoxy) is 1. The molecule has 5 rings (SSSR count). The number of anilines is 1. The summed E-state index contributed by atoms with van der Waals surface area (Å²) < 4.78 is 5.50. The zero-order valence-electron chi connectivity index (χ0n) is 20.1. The molecule has 1 aromatic carbocycles. The van der Waals surface area contributed by atoms with Gasteiger partial charge in [-0.2, -0.15) is 0 Å². The van der Waals surface area contributed by atoms with E-state index in [2.05, 4.69) is 16.3 Å². The lowest BCUT2D eigenvalue weighted by Gasteiger charge is -2.42. The van der Waals surface area contributed by atoms with Crippen molar-refractivity contribution in [2.75, 3.05) is 51.3 Å². The molecule has 0 radical (unpaired) electrons. The number of likely N-dealkylation sites (tertiary alicyclic amines) is 1. The van der Waals surface area contributed by atoms with E-state index < -0.39 is 0 Å². The number of piperidine rings is 2. The third kappa shape index (κ3) is 4.62. The molecule has 4 aliphatic heterocycles. The van der Waals surface area contributed by atoms with E-state index in [1.54, 1.807) is 7.11 Å². The van der Waals surface area contributed by atoms with E-state index in [9.17, 15) is 14.7 Å². The van der Waals surface area contributed by atoms with E-state index in [-0.39, 0.29) is 36.3 Å². The van der Waals surface area contributed by atoms with Gasteiger partial charge in [0, 0.05) is 57.4 Å². The van der Waals surface area contributed by atoms with Crippen molar-refractivity contribution in [1.82, 2.24) is 20.0 Å². The number of carbonyl (C=O) groups is 2. The Morgan fingerprint density at radius 2 is 1.68 bits per heavy atom. The molecule has 2 bridgehead atoms. The lowest BCUT2D eigenvalue weighted by molar-refractivity contribution is 0.0522. The van der Waals surface area contributed by atoms with Crippen molar-refractivity contribution in [2.24, 2.45) is 0 Å². The smallest absolute Gasteiger partial charge is 0.320 e. The Morgan fingerprint density at radius 1 is 0.971 bits per heavy atom. The first-order valence-corrected chi connectivity index (χ1v) is 12.7. The van der Waals surface area contributed by atoms with Crippen molar-refractivity contribution in [3.05, 3.63) is 24.3 Å². The molecule has 0 spiro atoms. The summed E-state index contributed by atoms with van der Waals surface area (Å²) in [5, 5.41) is 13.2. The Morgan fingerprint density at radius 3 is 2.38 bits per heavy atom. The third-order valence-electron chi connectivity index (χ3n) is 7.94. The van der Waals surface area contributed by atoms with Crippen LogP contribution in [0.15, 0.2) is 24.3 Å². The summed E-state index contributed by atoms with van der Waals surface area (Å²) in [7, 11) is 1.68. The van der Waals surface area contributed by atoms with Crippen LogP contribution < -0.4 is 15.0 Å². The van der Waals surface area contributed by atoms with Crippen LogP contribution in [0.4, 0.5) is 15.3 Å². The highest BCUT2D eigenvalue weighted by molar-refractivity contribution is 5.77. The number of benzene rings is 1. The van der Waals surface area contributed by atoms with Gasteiger partial charge in [-0.15, -0.1) is 0 Å². The maximum absolute atomic E-state index is 13.3. The Balaban J connectivity index is 1.13. The van der Waals surface area contributed by atoms with Gasteiger partial charge in [-0.1, -0.05) is 12.1 Å². The second kappa shape index (κ2) is 9.90. The lowest BCUT2D eigenvalue weighted by atomic mass is 10.0. The van der Waals surface area contributed by atoms with Gasteiger partial charge < -0.3 is 34.8 Å². The van der Waals surface area contributed by atoms with Gasteiger partial charge >= 0.3 is 12.1 Å². The van der Waals surface area contributed by atoms with Crippen LogP contribution in [-0.4, -0.2) is 102 Å². The summed E-state index contributed by atoms with van der Waals surface area (Å²) in [5.41, 5.74) is 1.07. The molecule has 4 fully saturated rings. The SMILES string of the molecule is COc1ccccc1N1CCN(C(=O)N2CCC[C@H](NC(=O)N3[C@@H]4CC[C@H]3CC(O)C4)C2)CC1. The summed E-state index contributed by atoms with van der Waals surface area (Å²) in [6, 6.07) is 8.32. The molecule has 4 amide bonds. The predicted octanol–water partition coefficient (Wildman–Crippen LogP) is 2.10. The van der Waals surface area contributed by atoms with Crippen molar-refractivity contribution >= 4 is 17.7 Å². The monoisotopic (exact) mass is 471 g/mol. The second-order valence-electron chi connectivity index (χ2n) is 10.1. The lowest BCUT2D eigenvalue weighted by Crippen LogP contribution is -2.59. The predicted molar refractivity (Wildman–Crippen MR) is 129 cm³/mol. The molecule has 4 aliphatic rings. The standard InChI is InChI=1S/C25H37N5O4/c1-34-23-7-3-2-6-22(23)27-11-13-28(14-12-27)25(33)29-10-4-5-18(17-29)26-24(32)30-19-8-9-20(30)16-21(31)15-19/h2-3,6-7,18-21,31H,4-5,8-17H2,1H3,(H,26,32)/t18-,19-,20+,21?/m0/s1. The van der Waals surface area contributed by atoms with Crippen LogP contribution in [0.25, 0.3) is 0 Å². The van der Waals surface area contributed by atoms with Gasteiger partial charge in [-0.3, -0.25) is 0 Å². The largest absolute Gasteiger partial charge is 0.495 e. The first-order valence-electron chi connectivity index (χ1n) is 12.7. The summed E-state index contributed by atoms with van der Waals surface area (Å²) in [5.74, 6) is 0.855. The summed E-state index contributed by atoms with van der Waals surface area (Å²) in [6.45, 7) is 4.17. The number of methoxy groups -OCH3 is 1. The highest BCUT2D eigenvalue weighted by Crippen LogP contribution is 2.36. The number of nitrogens with one attached hydrogen (secondary N) is 1. The molecule has 4 atom stereocenters. The Bertz CT molecular complexity index is 876. The number of aliphatic hydroxyl groups is 1. The average Bonchev–Trinajstić information content (AvgIpc) is 3.15. The Kier molecular flexibility index (Phi) is 6.72. The summed E-state index contributed by atoms with van der Waals surface area (Å²) in [4.78, 5) is 34.4. The van der Waals surface area contributed by atoms with Gasteiger partial charge in [0.15, 0.2) is 0 Å². The van der Waals surface area contributed by atoms with Gasteiger partial charge in [0.2, 0.25) is 0 Å². The Labute approximate surface area is 201 Å². The number of aliphatic hydroxyl groups excluding tert-OH is 1. The maximum atomic E-state index is 13.3. The van der Waals surface area contributed by atoms with Crippen LogP contribution in [0.5, 0.6) is 5.75 Å².